The maximum Gasteiger partial charge on any atom is 0.235 e. The molecule has 18 heavy (non-hydrogen) atoms. The van der Waals surface area contributed by atoms with Crippen LogP contribution in [0, 0.1) is 11.8 Å². The molecule has 0 fully saturated rings. The molecule has 5 nitrogen and oxygen atoms in total. The summed E-state index contributed by atoms with van der Waals surface area (Å²) in [5, 5.41) is 14.3. The predicted molar refractivity (Wildman–Crippen MR) is 74.5 cm³/mol. The third-order valence-electron chi connectivity index (χ3n) is 2.48. The molecule has 4 N–H and O–H groups in total. The molecule has 0 aromatic heterocycles. The lowest BCUT2D eigenvalue weighted by Crippen LogP contribution is -2.38. The summed E-state index contributed by atoms with van der Waals surface area (Å²) in [5.41, 5.74) is 6.19. The highest BCUT2D eigenvalue weighted by molar-refractivity contribution is 9.10. The number of nitrogens with one attached hydrogen (secondary N) is 1. The van der Waals surface area contributed by atoms with Crippen molar-refractivity contribution in [3.8, 4) is 0 Å². The number of hydrogen-bond donors (Lipinski definition) is 3. The number of rotatable bonds is 4. The Morgan fingerprint density at radius 3 is 2.67 bits per heavy atom. The first-order valence-electron chi connectivity index (χ1n) is 5.49. The predicted octanol–water partition coefficient (Wildman–Crippen LogP) is 2.41. The lowest BCUT2D eigenvalue weighted by atomic mass is 9.94. The van der Waals surface area contributed by atoms with E-state index in [4.69, 9.17) is 10.9 Å². The molecule has 0 aliphatic rings. The van der Waals surface area contributed by atoms with Crippen molar-refractivity contribution >= 4 is 33.4 Å². The fraction of sp³-hybridized carbons (Fsp3) is 0.333. The normalized spacial score (nSPS) is 13.4. The van der Waals surface area contributed by atoms with Gasteiger partial charge >= 0.3 is 0 Å². The number of carbonyl (C=O) groups is 1. The first-order chi connectivity index (χ1) is 8.45. The van der Waals surface area contributed by atoms with E-state index >= 15 is 0 Å². The summed E-state index contributed by atoms with van der Waals surface area (Å²) in [7, 11) is 0. The van der Waals surface area contributed by atoms with Gasteiger partial charge in [0.05, 0.1) is 0 Å². The first kappa shape index (κ1) is 14.5. The van der Waals surface area contributed by atoms with E-state index < -0.39 is 5.92 Å². The van der Waals surface area contributed by atoms with Gasteiger partial charge in [-0.25, -0.2) is 0 Å². The molecule has 0 saturated heterocycles. The Kier molecular flexibility index (Phi) is 5.15. The molecule has 0 aliphatic carbocycles. The molecule has 1 aromatic carbocycles. The Morgan fingerprint density at radius 2 is 2.17 bits per heavy atom. The second-order valence-electron chi connectivity index (χ2n) is 4.25. The molecule has 1 amide bonds. The zero-order valence-electron chi connectivity index (χ0n) is 10.2. The van der Waals surface area contributed by atoms with Gasteiger partial charge in [-0.1, -0.05) is 41.0 Å². The zero-order chi connectivity index (χ0) is 13.7. The average molecular weight is 314 g/mol. The van der Waals surface area contributed by atoms with E-state index in [9.17, 15) is 4.79 Å². The van der Waals surface area contributed by atoms with Crippen LogP contribution in [0.2, 0.25) is 0 Å². The van der Waals surface area contributed by atoms with Gasteiger partial charge in [-0.2, -0.15) is 0 Å². The van der Waals surface area contributed by atoms with Gasteiger partial charge in [0.2, 0.25) is 5.91 Å². The van der Waals surface area contributed by atoms with Gasteiger partial charge in [-0.15, -0.1) is 0 Å². The molecule has 6 heteroatoms. The maximum absolute atomic E-state index is 12.1. The fourth-order valence-electron chi connectivity index (χ4n) is 1.63. The number of amidine groups is 1. The third-order valence-corrected chi connectivity index (χ3v) is 2.97. The SMILES string of the molecule is CC(C)C(C(=O)Nc1cccc(Br)c1)C(N)=NO. The lowest BCUT2D eigenvalue weighted by molar-refractivity contribution is -0.119. The van der Waals surface area contributed by atoms with Crippen molar-refractivity contribution in [2.75, 3.05) is 5.32 Å². The topological polar surface area (TPSA) is 87.7 Å². The molecule has 0 radical (unpaired) electrons. The van der Waals surface area contributed by atoms with E-state index in [1.807, 2.05) is 26.0 Å². The Hall–Kier alpha value is -1.56. The van der Waals surface area contributed by atoms with E-state index in [0.717, 1.165) is 4.47 Å². The summed E-state index contributed by atoms with van der Waals surface area (Å²) in [6.45, 7) is 3.67. The van der Waals surface area contributed by atoms with Crippen molar-refractivity contribution in [2.24, 2.45) is 22.7 Å². The Morgan fingerprint density at radius 1 is 1.50 bits per heavy atom. The number of benzene rings is 1. The number of oxime groups is 1. The summed E-state index contributed by atoms with van der Waals surface area (Å²) in [6.07, 6.45) is 0. The molecule has 0 saturated carbocycles. The van der Waals surface area contributed by atoms with Crippen molar-refractivity contribution in [3.63, 3.8) is 0 Å². The monoisotopic (exact) mass is 313 g/mol. The lowest BCUT2D eigenvalue weighted by Gasteiger charge is -2.18. The van der Waals surface area contributed by atoms with Crippen LogP contribution in [0.15, 0.2) is 33.9 Å². The van der Waals surface area contributed by atoms with E-state index in [-0.39, 0.29) is 17.7 Å². The highest BCUT2D eigenvalue weighted by atomic mass is 79.9. The molecule has 1 unspecified atom stereocenters. The molecular formula is C12H16BrN3O2. The summed E-state index contributed by atoms with van der Waals surface area (Å²) < 4.78 is 0.866. The van der Waals surface area contributed by atoms with Crippen LogP contribution in [0.3, 0.4) is 0 Å². The minimum Gasteiger partial charge on any atom is -0.409 e. The summed E-state index contributed by atoms with van der Waals surface area (Å²) in [6, 6.07) is 7.22. The van der Waals surface area contributed by atoms with Gasteiger partial charge in [0, 0.05) is 10.2 Å². The van der Waals surface area contributed by atoms with Crippen LogP contribution in [-0.4, -0.2) is 17.0 Å². The van der Waals surface area contributed by atoms with Crippen LogP contribution in [0.25, 0.3) is 0 Å². The van der Waals surface area contributed by atoms with E-state index in [1.54, 1.807) is 12.1 Å². The van der Waals surface area contributed by atoms with Gasteiger partial charge in [0.25, 0.3) is 0 Å². The average Bonchev–Trinajstić information content (AvgIpc) is 2.28. The number of amides is 1. The van der Waals surface area contributed by atoms with Gasteiger partial charge in [0.1, 0.15) is 5.92 Å². The number of hydrogen-bond acceptors (Lipinski definition) is 3. The van der Waals surface area contributed by atoms with E-state index in [0.29, 0.717) is 5.69 Å². The highest BCUT2D eigenvalue weighted by Crippen LogP contribution is 2.18. The fourth-order valence-corrected chi connectivity index (χ4v) is 2.03. The summed E-state index contributed by atoms with van der Waals surface area (Å²) >= 11 is 3.32. The molecular weight excluding hydrogens is 298 g/mol. The molecule has 0 spiro atoms. The Bertz CT molecular complexity index is 460. The van der Waals surface area contributed by atoms with Crippen molar-refractivity contribution in [3.05, 3.63) is 28.7 Å². The molecule has 1 rings (SSSR count). The first-order valence-corrected chi connectivity index (χ1v) is 6.29. The van der Waals surface area contributed by atoms with Crippen LogP contribution in [0.5, 0.6) is 0 Å². The number of nitrogens with zero attached hydrogens (tertiary/aromatic N) is 1. The van der Waals surface area contributed by atoms with Gasteiger partial charge < -0.3 is 16.3 Å². The van der Waals surface area contributed by atoms with Crippen molar-refractivity contribution in [1.29, 1.82) is 0 Å². The van der Waals surface area contributed by atoms with Crippen LogP contribution < -0.4 is 11.1 Å². The molecule has 0 bridgehead atoms. The molecule has 0 heterocycles. The quantitative estimate of drug-likeness (QED) is 0.345. The van der Waals surface area contributed by atoms with Gasteiger partial charge in [-0.3, -0.25) is 4.79 Å². The zero-order valence-corrected chi connectivity index (χ0v) is 11.8. The minimum atomic E-state index is -0.658. The molecule has 1 aromatic rings. The smallest absolute Gasteiger partial charge is 0.235 e. The number of halogens is 1. The maximum atomic E-state index is 12.1. The third kappa shape index (κ3) is 3.73. The van der Waals surface area contributed by atoms with Crippen molar-refractivity contribution < 1.29 is 10.0 Å². The van der Waals surface area contributed by atoms with Crippen molar-refractivity contribution in [1.82, 2.24) is 0 Å². The number of nitrogens with two attached hydrogens (primary N) is 1. The standard InChI is InChI=1S/C12H16BrN3O2/c1-7(2)10(11(14)16-18)12(17)15-9-5-3-4-8(13)6-9/h3-7,10,18H,1-2H3,(H2,14,16)(H,15,17). The second kappa shape index (κ2) is 6.39. The van der Waals surface area contributed by atoms with Gasteiger partial charge in [-0.05, 0) is 24.1 Å². The van der Waals surface area contributed by atoms with Crippen LogP contribution >= 0.6 is 15.9 Å². The Labute approximate surface area is 114 Å². The number of carbonyl (C=O) groups excluding carboxylic acids is 1. The van der Waals surface area contributed by atoms with Crippen LogP contribution in [0.4, 0.5) is 5.69 Å². The van der Waals surface area contributed by atoms with Crippen molar-refractivity contribution in [2.45, 2.75) is 13.8 Å². The molecule has 98 valence electrons. The summed E-state index contributed by atoms with van der Waals surface area (Å²) in [5.74, 6) is -1.10. The van der Waals surface area contributed by atoms with E-state index in [1.165, 1.54) is 0 Å². The second-order valence-corrected chi connectivity index (χ2v) is 5.16. The largest absolute Gasteiger partial charge is 0.409 e. The molecule has 0 aliphatic heterocycles. The van der Waals surface area contributed by atoms with E-state index in [2.05, 4.69) is 26.4 Å². The Balaban J connectivity index is 2.86. The van der Waals surface area contributed by atoms with Crippen LogP contribution in [-0.2, 0) is 4.79 Å². The summed E-state index contributed by atoms with van der Waals surface area (Å²) in [4.78, 5) is 12.1. The highest BCUT2D eigenvalue weighted by Gasteiger charge is 2.26. The van der Waals surface area contributed by atoms with Crippen LogP contribution in [0.1, 0.15) is 13.8 Å². The van der Waals surface area contributed by atoms with Gasteiger partial charge in [0.15, 0.2) is 5.84 Å². The molecule has 1 atom stereocenters. The minimum absolute atomic E-state index is 0.0620. The number of anilines is 1.